The van der Waals surface area contributed by atoms with Crippen molar-refractivity contribution in [3.8, 4) is 0 Å². The molecule has 1 aliphatic heterocycles. The maximum Gasteiger partial charge on any atom is 0.290 e. The van der Waals surface area contributed by atoms with Gasteiger partial charge in [0.1, 0.15) is 6.04 Å². The van der Waals surface area contributed by atoms with Crippen molar-refractivity contribution < 1.29 is 19.1 Å². The van der Waals surface area contributed by atoms with Crippen LogP contribution in [0.5, 0.6) is 0 Å². The van der Waals surface area contributed by atoms with E-state index < -0.39 is 23.5 Å². The van der Waals surface area contributed by atoms with E-state index in [2.05, 4.69) is 0 Å². The van der Waals surface area contributed by atoms with Crippen LogP contribution in [0.4, 0.5) is 0 Å². The van der Waals surface area contributed by atoms with E-state index in [1.807, 2.05) is 17.5 Å². The molecule has 2 aliphatic rings. The third kappa shape index (κ3) is 2.29. The number of furan rings is 1. The SMILES string of the molecule is O=C(C1=C(O)C(=O)N(C2CCCC2)C1c1cccs1)c1ccco1. The largest absolute Gasteiger partial charge is 0.503 e. The van der Waals surface area contributed by atoms with E-state index in [0.717, 1.165) is 30.6 Å². The number of aliphatic hydroxyl groups is 1. The Hall–Kier alpha value is -2.34. The topological polar surface area (TPSA) is 70.8 Å². The quantitative estimate of drug-likeness (QED) is 0.856. The number of Topliss-reactive ketones (excluding diaryl/α,β-unsaturated/α-hetero) is 1. The van der Waals surface area contributed by atoms with E-state index in [-0.39, 0.29) is 17.4 Å². The molecule has 1 amide bonds. The fourth-order valence-electron chi connectivity index (χ4n) is 3.68. The van der Waals surface area contributed by atoms with Gasteiger partial charge in [0, 0.05) is 10.9 Å². The van der Waals surface area contributed by atoms with Gasteiger partial charge in [0.2, 0.25) is 5.78 Å². The summed E-state index contributed by atoms with van der Waals surface area (Å²) in [6.45, 7) is 0. The van der Waals surface area contributed by atoms with Crippen molar-refractivity contribution in [1.29, 1.82) is 0 Å². The van der Waals surface area contributed by atoms with Crippen LogP contribution in [0.15, 0.2) is 51.7 Å². The molecule has 4 rings (SSSR count). The monoisotopic (exact) mass is 343 g/mol. The second-order valence-corrected chi connectivity index (χ2v) is 7.12. The van der Waals surface area contributed by atoms with Gasteiger partial charge < -0.3 is 14.4 Å². The molecule has 5 nitrogen and oxygen atoms in total. The van der Waals surface area contributed by atoms with Crippen LogP contribution in [-0.2, 0) is 4.79 Å². The van der Waals surface area contributed by atoms with Crippen molar-refractivity contribution in [3.05, 3.63) is 57.9 Å². The number of nitrogens with zero attached hydrogens (tertiary/aromatic N) is 1. The molecule has 24 heavy (non-hydrogen) atoms. The zero-order chi connectivity index (χ0) is 16.7. The molecule has 0 spiro atoms. The molecular weight excluding hydrogens is 326 g/mol. The molecule has 2 aromatic heterocycles. The number of amides is 1. The summed E-state index contributed by atoms with van der Waals surface area (Å²) in [7, 11) is 0. The summed E-state index contributed by atoms with van der Waals surface area (Å²) < 4.78 is 5.20. The third-order valence-corrected chi connectivity index (χ3v) is 5.69. The summed E-state index contributed by atoms with van der Waals surface area (Å²) in [5, 5.41) is 12.4. The Morgan fingerprint density at radius 3 is 2.67 bits per heavy atom. The van der Waals surface area contributed by atoms with Gasteiger partial charge in [-0.25, -0.2) is 0 Å². The maximum atomic E-state index is 12.8. The lowest BCUT2D eigenvalue weighted by molar-refractivity contribution is -0.131. The smallest absolute Gasteiger partial charge is 0.290 e. The highest BCUT2D eigenvalue weighted by atomic mass is 32.1. The van der Waals surface area contributed by atoms with E-state index in [0.29, 0.717) is 0 Å². The van der Waals surface area contributed by atoms with E-state index in [1.54, 1.807) is 17.0 Å². The Bertz CT molecular complexity index is 785. The number of hydrogen-bond donors (Lipinski definition) is 1. The Kier molecular flexibility index (Phi) is 3.76. The first kappa shape index (κ1) is 15.2. The van der Waals surface area contributed by atoms with Crippen molar-refractivity contribution in [1.82, 2.24) is 4.90 Å². The predicted octanol–water partition coefficient (Wildman–Crippen LogP) is 3.86. The molecule has 3 heterocycles. The molecule has 0 radical (unpaired) electrons. The van der Waals surface area contributed by atoms with Crippen molar-refractivity contribution >= 4 is 23.0 Å². The van der Waals surface area contributed by atoms with Crippen LogP contribution in [0.3, 0.4) is 0 Å². The molecule has 1 unspecified atom stereocenters. The number of carbonyl (C=O) groups excluding carboxylic acids is 2. The Labute approximate surface area is 143 Å². The summed E-state index contributed by atoms with van der Waals surface area (Å²) in [4.78, 5) is 28.1. The fraction of sp³-hybridized carbons (Fsp3) is 0.333. The number of ketones is 1. The highest BCUT2D eigenvalue weighted by Crippen LogP contribution is 2.44. The first-order valence-corrected chi connectivity index (χ1v) is 8.94. The summed E-state index contributed by atoms with van der Waals surface area (Å²) in [5.41, 5.74) is 0.129. The summed E-state index contributed by atoms with van der Waals surface area (Å²) in [5.74, 6) is -1.18. The minimum Gasteiger partial charge on any atom is -0.503 e. The van der Waals surface area contributed by atoms with Crippen LogP contribution in [0, 0.1) is 0 Å². The normalized spacial score (nSPS) is 21.9. The van der Waals surface area contributed by atoms with Gasteiger partial charge in [-0.3, -0.25) is 9.59 Å². The van der Waals surface area contributed by atoms with Crippen molar-refractivity contribution in [2.24, 2.45) is 0 Å². The van der Waals surface area contributed by atoms with Gasteiger partial charge >= 0.3 is 0 Å². The minimum atomic E-state index is -0.529. The molecule has 1 fully saturated rings. The predicted molar refractivity (Wildman–Crippen MR) is 88.9 cm³/mol. The maximum absolute atomic E-state index is 12.8. The molecule has 0 bridgehead atoms. The van der Waals surface area contributed by atoms with Gasteiger partial charge in [-0.15, -0.1) is 11.3 Å². The van der Waals surface area contributed by atoms with Gasteiger partial charge in [0.05, 0.1) is 11.8 Å². The van der Waals surface area contributed by atoms with Crippen LogP contribution >= 0.6 is 11.3 Å². The average Bonchev–Trinajstić information content (AvgIpc) is 3.37. The van der Waals surface area contributed by atoms with Crippen LogP contribution in [0.2, 0.25) is 0 Å². The highest BCUT2D eigenvalue weighted by Gasteiger charge is 2.47. The number of aliphatic hydroxyl groups excluding tert-OH is 1. The first-order chi connectivity index (χ1) is 11.7. The minimum absolute atomic E-state index is 0.0636. The van der Waals surface area contributed by atoms with Crippen LogP contribution < -0.4 is 0 Å². The molecule has 1 aliphatic carbocycles. The summed E-state index contributed by atoms with van der Waals surface area (Å²) >= 11 is 1.48. The third-order valence-electron chi connectivity index (χ3n) is 4.76. The second-order valence-electron chi connectivity index (χ2n) is 6.14. The molecular formula is C18H17NO4S. The average molecular weight is 343 g/mol. The molecule has 2 aromatic rings. The molecule has 6 heteroatoms. The van der Waals surface area contributed by atoms with Gasteiger partial charge in [-0.1, -0.05) is 18.9 Å². The summed E-state index contributed by atoms with van der Waals surface area (Å²) in [6.07, 6.45) is 5.35. The van der Waals surface area contributed by atoms with Gasteiger partial charge in [-0.05, 0) is 36.4 Å². The molecule has 124 valence electrons. The lowest BCUT2D eigenvalue weighted by Crippen LogP contribution is -2.38. The summed E-state index contributed by atoms with van der Waals surface area (Å²) in [6, 6.07) is 6.50. The van der Waals surface area contributed by atoms with Crippen molar-refractivity contribution in [3.63, 3.8) is 0 Å². The number of rotatable bonds is 4. The van der Waals surface area contributed by atoms with Crippen LogP contribution in [0.25, 0.3) is 0 Å². The Morgan fingerprint density at radius 1 is 1.25 bits per heavy atom. The molecule has 1 N–H and O–H groups in total. The first-order valence-electron chi connectivity index (χ1n) is 8.06. The lowest BCUT2D eigenvalue weighted by atomic mass is 9.99. The van der Waals surface area contributed by atoms with Gasteiger partial charge in [-0.2, -0.15) is 0 Å². The van der Waals surface area contributed by atoms with E-state index in [1.165, 1.54) is 17.6 Å². The van der Waals surface area contributed by atoms with Gasteiger partial charge in [0.25, 0.3) is 5.91 Å². The number of hydrogen-bond acceptors (Lipinski definition) is 5. The van der Waals surface area contributed by atoms with Crippen LogP contribution in [0.1, 0.15) is 47.2 Å². The second kappa shape index (κ2) is 5.94. The number of carbonyl (C=O) groups is 2. The standard InChI is InChI=1S/C18H17NO4S/c20-16(12-7-3-9-23-12)14-15(13-8-4-10-24-13)19(18(22)17(14)21)11-5-1-2-6-11/h3-4,7-11,15,21H,1-2,5-6H2. The molecule has 1 saturated carbocycles. The Morgan fingerprint density at radius 2 is 2.04 bits per heavy atom. The molecule has 1 atom stereocenters. The van der Waals surface area contributed by atoms with Crippen molar-refractivity contribution in [2.45, 2.75) is 37.8 Å². The van der Waals surface area contributed by atoms with E-state index in [9.17, 15) is 14.7 Å². The van der Waals surface area contributed by atoms with Crippen molar-refractivity contribution in [2.75, 3.05) is 0 Å². The van der Waals surface area contributed by atoms with Crippen LogP contribution in [-0.4, -0.2) is 27.7 Å². The zero-order valence-electron chi connectivity index (χ0n) is 13.0. The van der Waals surface area contributed by atoms with E-state index in [4.69, 9.17) is 4.42 Å². The zero-order valence-corrected chi connectivity index (χ0v) is 13.8. The molecule has 0 saturated heterocycles. The molecule has 0 aromatic carbocycles. The lowest BCUT2D eigenvalue weighted by Gasteiger charge is -2.31. The van der Waals surface area contributed by atoms with Gasteiger partial charge in [0.15, 0.2) is 11.5 Å². The fourth-order valence-corrected chi connectivity index (χ4v) is 4.51. The number of thiophene rings is 1. The Balaban J connectivity index is 1.80. The highest BCUT2D eigenvalue weighted by molar-refractivity contribution is 7.10. The van der Waals surface area contributed by atoms with E-state index >= 15 is 0 Å².